The zero-order chi connectivity index (χ0) is 9.97. The van der Waals surface area contributed by atoms with Crippen molar-refractivity contribution in [1.29, 1.82) is 0 Å². The number of aromatic carboxylic acids is 1. The van der Waals surface area contributed by atoms with E-state index in [9.17, 15) is 4.79 Å². The van der Waals surface area contributed by atoms with Crippen molar-refractivity contribution in [3.63, 3.8) is 0 Å². The molecule has 14 heavy (non-hydrogen) atoms. The van der Waals surface area contributed by atoms with Gasteiger partial charge >= 0.3 is 5.97 Å². The number of carbonyl (C=O) groups is 1. The summed E-state index contributed by atoms with van der Waals surface area (Å²) in [4.78, 5) is 14.6. The fourth-order valence-corrected chi connectivity index (χ4v) is 2.34. The minimum absolute atomic E-state index is 0.0156. The van der Waals surface area contributed by atoms with E-state index >= 15 is 0 Å². The van der Waals surface area contributed by atoms with Gasteiger partial charge in [0, 0.05) is 12.0 Å². The number of thiazole rings is 1. The topological polar surface area (TPSA) is 59.4 Å². The monoisotopic (exact) mass is 213 g/mol. The SMILES string of the molecule is O=C(O)c1csc(C2CCCCO2)n1. The fraction of sp³-hybridized carbons (Fsp3) is 0.556. The van der Waals surface area contributed by atoms with Gasteiger partial charge in [0.15, 0.2) is 5.69 Å². The molecule has 1 atom stereocenters. The van der Waals surface area contributed by atoms with Gasteiger partial charge < -0.3 is 9.84 Å². The van der Waals surface area contributed by atoms with Crippen molar-refractivity contribution in [2.24, 2.45) is 0 Å². The summed E-state index contributed by atoms with van der Waals surface area (Å²) in [5.74, 6) is -0.969. The minimum atomic E-state index is -0.969. The standard InChI is InChI=1S/C9H11NO3S/c11-9(12)6-5-14-8(10-6)7-3-1-2-4-13-7/h5,7H,1-4H2,(H,11,12). The Hall–Kier alpha value is -0.940. The molecule has 0 amide bonds. The molecule has 1 fully saturated rings. The Kier molecular flexibility index (Phi) is 2.79. The van der Waals surface area contributed by atoms with Crippen LogP contribution in [0.4, 0.5) is 0 Å². The van der Waals surface area contributed by atoms with Crippen molar-refractivity contribution in [1.82, 2.24) is 4.98 Å². The average molecular weight is 213 g/mol. The summed E-state index contributed by atoms with van der Waals surface area (Å²) in [6.45, 7) is 0.757. The molecule has 1 unspecified atom stereocenters. The maximum Gasteiger partial charge on any atom is 0.355 e. The molecule has 1 saturated heterocycles. The molecule has 1 aliphatic heterocycles. The maximum atomic E-state index is 10.6. The Morgan fingerprint density at radius 2 is 2.50 bits per heavy atom. The Balaban J connectivity index is 2.11. The molecule has 76 valence electrons. The van der Waals surface area contributed by atoms with E-state index in [1.54, 1.807) is 5.38 Å². The van der Waals surface area contributed by atoms with Crippen LogP contribution in [0.25, 0.3) is 0 Å². The van der Waals surface area contributed by atoms with Crippen LogP contribution in [0.1, 0.15) is 40.9 Å². The lowest BCUT2D eigenvalue weighted by Gasteiger charge is -2.20. The molecule has 4 nitrogen and oxygen atoms in total. The number of nitrogens with zero attached hydrogens (tertiary/aromatic N) is 1. The molecule has 2 rings (SSSR count). The van der Waals surface area contributed by atoms with E-state index in [-0.39, 0.29) is 11.8 Å². The fourth-order valence-electron chi connectivity index (χ4n) is 1.47. The van der Waals surface area contributed by atoms with Crippen molar-refractivity contribution in [2.45, 2.75) is 25.4 Å². The maximum absolute atomic E-state index is 10.6. The molecule has 5 heteroatoms. The lowest BCUT2D eigenvalue weighted by atomic mass is 10.1. The summed E-state index contributed by atoms with van der Waals surface area (Å²) in [7, 11) is 0. The molecule has 1 aliphatic rings. The van der Waals surface area contributed by atoms with E-state index in [1.165, 1.54) is 11.3 Å². The summed E-state index contributed by atoms with van der Waals surface area (Å²) in [6.07, 6.45) is 3.19. The first kappa shape index (κ1) is 9.61. The predicted molar refractivity (Wildman–Crippen MR) is 51.6 cm³/mol. The molecular formula is C9H11NO3S. The molecule has 0 saturated carbocycles. The quantitative estimate of drug-likeness (QED) is 0.817. The van der Waals surface area contributed by atoms with Crippen LogP contribution in [0.2, 0.25) is 0 Å². The average Bonchev–Trinajstić information content (AvgIpc) is 2.68. The van der Waals surface area contributed by atoms with Crippen molar-refractivity contribution in [3.05, 3.63) is 16.1 Å². The van der Waals surface area contributed by atoms with E-state index in [0.29, 0.717) is 0 Å². The van der Waals surface area contributed by atoms with Crippen molar-refractivity contribution < 1.29 is 14.6 Å². The van der Waals surface area contributed by atoms with Gasteiger partial charge in [-0.2, -0.15) is 0 Å². The number of ether oxygens (including phenoxy) is 1. The number of hydrogen-bond acceptors (Lipinski definition) is 4. The molecule has 1 aromatic rings. The summed E-state index contributed by atoms with van der Waals surface area (Å²) in [6, 6.07) is 0. The normalized spacial score (nSPS) is 22.1. The summed E-state index contributed by atoms with van der Waals surface area (Å²) in [5.41, 5.74) is 0.124. The zero-order valence-electron chi connectivity index (χ0n) is 7.60. The number of aromatic nitrogens is 1. The van der Waals surface area contributed by atoms with Gasteiger partial charge in [-0.15, -0.1) is 11.3 Å². The van der Waals surface area contributed by atoms with Gasteiger partial charge in [-0.1, -0.05) is 0 Å². The molecule has 0 aliphatic carbocycles. The minimum Gasteiger partial charge on any atom is -0.476 e. The molecule has 2 heterocycles. The number of carboxylic acid groups (broad SMARTS) is 1. The van der Waals surface area contributed by atoms with Crippen LogP contribution in [0.5, 0.6) is 0 Å². The third-order valence-electron chi connectivity index (χ3n) is 2.20. The first-order valence-corrected chi connectivity index (χ1v) is 5.45. The Morgan fingerprint density at radius 1 is 1.64 bits per heavy atom. The van der Waals surface area contributed by atoms with E-state index < -0.39 is 5.97 Å². The highest BCUT2D eigenvalue weighted by atomic mass is 32.1. The first-order valence-electron chi connectivity index (χ1n) is 4.57. The molecule has 0 bridgehead atoms. The number of carboxylic acids is 1. The third kappa shape index (κ3) is 1.93. The Morgan fingerprint density at radius 3 is 3.07 bits per heavy atom. The van der Waals surface area contributed by atoms with Crippen LogP contribution in [0.3, 0.4) is 0 Å². The van der Waals surface area contributed by atoms with Gasteiger partial charge in [-0.25, -0.2) is 9.78 Å². The van der Waals surface area contributed by atoms with Crippen LogP contribution in [-0.2, 0) is 4.74 Å². The van der Waals surface area contributed by atoms with Crippen LogP contribution in [0, 0.1) is 0 Å². The second kappa shape index (κ2) is 4.06. The van der Waals surface area contributed by atoms with Gasteiger partial charge in [0.2, 0.25) is 0 Å². The first-order chi connectivity index (χ1) is 6.77. The summed E-state index contributed by atoms with van der Waals surface area (Å²) >= 11 is 1.37. The molecule has 0 radical (unpaired) electrons. The smallest absolute Gasteiger partial charge is 0.355 e. The lowest BCUT2D eigenvalue weighted by Crippen LogP contribution is -2.11. The Labute approximate surface area is 85.5 Å². The zero-order valence-corrected chi connectivity index (χ0v) is 8.42. The van der Waals surface area contributed by atoms with E-state index in [2.05, 4.69) is 4.98 Å². The molecule has 0 aromatic carbocycles. The highest BCUT2D eigenvalue weighted by Gasteiger charge is 2.20. The molecule has 1 N–H and O–H groups in total. The van der Waals surface area contributed by atoms with Crippen LogP contribution in [-0.4, -0.2) is 22.7 Å². The van der Waals surface area contributed by atoms with Crippen LogP contribution < -0.4 is 0 Å². The largest absolute Gasteiger partial charge is 0.476 e. The van der Waals surface area contributed by atoms with Gasteiger partial charge in [0.05, 0.1) is 0 Å². The van der Waals surface area contributed by atoms with Crippen LogP contribution >= 0.6 is 11.3 Å². The van der Waals surface area contributed by atoms with Crippen molar-refractivity contribution in [2.75, 3.05) is 6.61 Å². The lowest BCUT2D eigenvalue weighted by molar-refractivity contribution is 0.0147. The van der Waals surface area contributed by atoms with Crippen LogP contribution in [0.15, 0.2) is 5.38 Å². The van der Waals surface area contributed by atoms with Gasteiger partial charge in [0.1, 0.15) is 11.1 Å². The van der Waals surface area contributed by atoms with Crippen molar-refractivity contribution >= 4 is 17.3 Å². The Bertz CT molecular complexity index is 331. The summed E-state index contributed by atoms with van der Waals surface area (Å²) in [5, 5.41) is 11.1. The number of rotatable bonds is 2. The summed E-state index contributed by atoms with van der Waals surface area (Å²) < 4.78 is 5.51. The highest BCUT2D eigenvalue weighted by molar-refractivity contribution is 7.09. The molecule has 1 aromatic heterocycles. The van der Waals surface area contributed by atoms with E-state index in [0.717, 1.165) is 30.9 Å². The second-order valence-electron chi connectivity index (χ2n) is 3.23. The van der Waals surface area contributed by atoms with Gasteiger partial charge in [-0.3, -0.25) is 0 Å². The van der Waals surface area contributed by atoms with E-state index in [4.69, 9.17) is 9.84 Å². The molecular weight excluding hydrogens is 202 g/mol. The van der Waals surface area contributed by atoms with Crippen molar-refractivity contribution in [3.8, 4) is 0 Å². The highest BCUT2D eigenvalue weighted by Crippen LogP contribution is 2.29. The molecule has 0 spiro atoms. The number of hydrogen-bond donors (Lipinski definition) is 1. The van der Waals surface area contributed by atoms with E-state index in [1.807, 2.05) is 0 Å². The van der Waals surface area contributed by atoms with Gasteiger partial charge in [0.25, 0.3) is 0 Å². The predicted octanol–water partition coefficient (Wildman–Crippen LogP) is 2.08. The second-order valence-corrected chi connectivity index (χ2v) is 4.12. The third-order valence-corrected chi connectivity index (χ3v) is 3.13. The van der Waals surface area contributed by atoms with Gasteiger partial charge in [-0.05, 0) is 19.3 Å².